The Morgan fingerprint density at radius 1 is 0.932 bits per heavy atom. The number of halogens is 1. The van der Waals surface area contributed by atoms with Crippen molar-refractivity contribution in [2.45, 2.75) is 19.4 Å². The average Bonchev–Trinajstić information content (AvgIpc) is 3.04. The highest BCUT2D eigenvalue weighted by molar-refractivity contribution is 6.31. The van der Waals surface area contributed by atoms with Crippen LogP contribution in [0.5, 0.6) is 23.0 Å². The van der Waals surface area contributed by atoms with Crippen LogP contribution in [0.4, 0.5) is 0 Å². The Kier molecular flexibility index (Phi) is 8.09. The Hall–Kier alpha value is -5.45. The molecule has 218 valence electrons. The molecule has 7 nitrogen and oxygen atoms in total. The van der Waals surface area contributed by atoms with E-state index in [0.29, 0.717) is 40.0 Å². The van der Waals surface area contributed by atoms with Gasteiger partial charge in [-0.2, -0.15) is 5.26 Å². The van der Waals surface area contributed by atoms with E-state index in [-0.39, 0.29) is 23.8 Å². The van der Waals surface area contributed by atoms with E-state index in [9.17, 15) is 10.1 Å². The minimum atomic E-state index is -0.552. The molecule has 0 saturated heterocycles. The second kappa shape index (κ2) is 12.4. The maximum absolute atomic E-state index is 13.2. The van der Waals surface area contributed by atoms with E-state index < -0.39 is 11.9 Å². The van der Waals surface area contributed by atoms with Crippen molar-refractivity contribution in [3.63, 3.8) is 0 Å². The second-order valence-corrected chi connectivity index (χ2v) is 10.5. The molecule has 1 atom stereocenters. The lowest BCUT2D eigenvalue weighted by Gasteiger charge is -2.27. The van der Waals surface area contributed by atoms with Gasteiger partial charge in [0.15, 0.2) is 11.5 Å². The lowest BCUT2D eigenvalue weighted by Crippen LogP contribution is -2.21. The van der Waals surface area contributed by atoms with Crippen molar-refractivity contribution < 1.29 is 23.7 Å². The summed E-state index contributed by atoms with van der Waals surface area (Å²) in [6, 6.07) is 33.3. The SMILES string of the molecule is CCOc1cc(C2C(C#N)=C(N)Oc3cc(OC(=O)c4cccc5ccccc45)ccc32)ccc1OCc1ccccc1Cl. The fraction of sp³-hybridized carbons (Fsp3) is 0.111. The molecule has 1 heterocycles. The molecule has 0 fully saturated rings. The fourth-order valence-electron chi connectivity index (χ4n) is 5.27. The van der Waals surface area contributed by atoms with Crippen LogP contribution >= 0.6 is 11.6 Å². The molecular weight excluding hydrogens is 576 g/mol. The third-order valence-corrected chi connectivity index (χ3v) is 7.72. The molecule has 5 aromatic rings. The molecule has 5 aromatic carbocycles. The maximum atomic E-state index is 13.2. The van der Waals surface area contributed by atoms with Crippen LogP contribution in [0.15, 0.2) is 115 Å². The normalized spacial score (nSPS) is 13.9. The zero-order valence-corrected chi connectivity index (χ0v) is 24.5. The van der Waals surface area contributed by atoms with Gasteiger partial charge < -0.3 is 24.7 Å². The van der Waals surface area contributed by atoms with Gasteiger partial charge in [-0.15, -0.1) is 0 Å². The molecule has 1 aliphatic heterocycles. The molecule has 1 aliphatic rings. The molecule has 44 heavy (non-hydrogen) atoms. The van der Waals surface area contributed by atoms with Crippen LogP contribution in [0.1, 0.15) is 39.9 Å². The first-order valence-corrected chi connectivity index (χ1v) is 14.4. The Morgan fingerprint density at radius 2 is 1.73 bits per heavy atom. The van der Waals surface area contributed by atoms with Crippen molar-refractivity contribution >= 4 is 28.3 Å². The van der Waals surface area contributed by atoms with Crippen molar-refractivity contribution in [2.75, 3.05) is 6.61 Å². The van der Waals surface area contributed by atoms with Crippen LogP contribution in [-0.4, -0.2) is 12.6 Å². The first kappa shape index (κ1) is 28.7. The number of nitrogens with zero attached hydrogens (tertiary/aromatic N) is 1. The topological polar surface area (TPSA) is 104 Å². The lowest BCUT2D eigenvalue weighted by molar-refractivity contribution is 0.0736. The fourth-order valence-corrected chi connectivity index (χ4v) is 5.46. The summed E-state index contributed by atoms with van der Waals surface area (Å²) in [6.45, 7) is 2.55. The first-order valence-electron chi connectivity index (χ1n) is 14.0. The number of benzene rings is 5. The van der Waals surface area contributed by atoms with E-state index >= 15 is 0 Å². The number of fused-ring (bicyclic) bond motifs is 2. The van der Waals surface area contributed by atoms with Gasteiger partial charge in [0.2, 0.25) is 5.88 Å². The molecule has 0 radical (unpaired) electrons. The average molecular weight is 603 g/mol. The van der Waals surface area contributed by atoms with Crippen molar-refractivity contribution in [1.29, 1.82) is 5.26 Å². The number of carbonyl (C=O) groups excluding carboxylic acids is 1. The Balaban J connectivity index is 1.31. The Morgan fingerprint density at radius 3 is 2.55 bits per heavy atom. The highest BCUT2D eigenvalue weighted by Gasteiger charge is 2.32. The highest BCUT2D eigenvalue weighted by Crippen LogP contribution is 2.45. The van der Waals surface area contributed by atoms with Gasteiger partial charge in [-0.3, -0.25) is 0 Å². The van der Waals surface area contributed by atoms with Crippen LogP contribution in [-0.2, 0) is 6.61 Å². The zero-order valence-electron chi connectivity index (χ0n) is 23.8. The summed E-state index contributed by atoms with van der Waals surface area (Å²) in [7, 11) is 0. The zero-order chi connectivity index (χ0) is 30.6. The van der Waals surface area contributed by atoms with Gasteiger partial charge in [0.05, 0.1) is 18.1 Å². The summed E-state index contributed by atoms with van der Waals surface area (Å²) in [5, 5.41) is 12.4. The van der Waals surface area contributed by atoms with Crippen LogP contribution in [0, 0.1) is 11.3 Å². The number of carbonyl (C=O) groups is 1. The molecule has 0 bridgehead atoms. The molecule has 8 heteroatoms. The van der Waals surface area contributed by atoms with Gasteiger partial charge in [-0.1, -0.05) is 78.3 Å². The van der Waals surface area contributed by atoms with E-state index in [1.807, 2.05) is 79.7 Å². The van der Waals surface area contributed by atoms with E-state index in [2.05, 4.69) is 6.07 Å². The van der Waals surface area contributed by atoms with Gasteiger partial charge in [-0.25, -0.2) is 4.79 Å². The van der Waals surface area contributed by atoms with Gasteiger partial charge in [0, 0.05) is 22.2 Å². The van der Waals surface area contributed by atoms with E-state index in [1.54, 1.807) is 30.3 Å². The molecule has 2 N–H and O–H groups in total. The number of nitriles is 1. The Labute approximate surface area is 259 Å². The summed E-state index contributed by atoms with van der Waals surface area (Å²) in [5.74, 6) is 0.640. The second-order valence-electron chi connectivity index (χ2n) is 10.1. The lowest BCUT2D eigenvalue weighted by atomic mass is 9.83. The molecule has 0 amide bonds. The summed E-state index contributed by atoms with van der Waals surface area (Å²) in [4.78, 5) is 13.2. The van der Waals surface area contributed by atoms with Crippen LogP contribution < -0.4 is 24.7 Å². The summed E-state index contributed by atoms with van der Waals surface area (Å²) >= 11 is 6.31. The van der Waals surface area contributed by atoms with Crippen LogP contribution in [0.3, 0.4) is 0 Å². The van der Waals surface area contributed by atoms with Crippen molar-refractivity contribution in [3.05, 3.63) is 142 Å². The summed E-state index contributed by atoms with van der Waals surface area (Å²) in [6.07, 6.45) is 0. The molecule has 0 aromatic heterocycles. The minimum absolute atomic E-state index is 0.0282. The standard InChI is InChI=1S/C36H27ClN2O5/c1-2-41-33-18-23(14-17-31(33)42-21-24-9-4-6-13-30(24)37)34-28-16-15-25(19-32(28)44-35(39)29(34)20-38)43-36(40)27-12-7-10-22-8-3-5-11-26(22)27/h3-19,34H,2,21,39H2,1H3. The van der Waals surface area contributed by atoms with Gasteiger partial charge in [0.25, 0.3) is 0 Å². The van der Waals surface area contributed by atoms with Gasteiger partial charge in [0.1, 0.15) is 29.7 Å². The molecule has 1 unspecified atom stereocenters. The smallest absolute Gasteiger partial charge is 0.344 e. The van der Waals surface area contributed by atoms with Crippen LogP contribution in [0.2, 0.25) is 5.02 Å². The van der Waals surface area contributed by atoms with E-state index in [4.69, 9.17) is 36.3 Å². The quantitative estimate of drug-likeness (QED) is 0.142. The third-order valence-electron chi connectivity index (χ3n) is 7.35. The molecule has 6 rings (SSSR count). The first-order chi connectivity index (χ1) is 21.5. The number of allylic oxidation sites excluding steroid dienone is 1. The highest BCUT2D eigenvalue weighted by atomic mass is 35.5. The van der Waals surface area contributed by atoms with Gasteiger partial charge in [-0.05, 0) is 53.6 Å². The number of hydrogen-bond acceptors (Lipinski definition) is 7. The molecule has 0 aliphatic carbocycles. The molecule has 0 saturated carbocycles. The maximum Gasteiger partial charge on any atom is 0.344 e. The number of rotatable bonds is 8. The van der Waals surface area contributed by atoms with E-state index in [1.165, 1.54) is 0 Å². The van der Waals surface area contributed by atoms with E-state index in [0.717, 1.165) is 21.9 Å². The number of ether oxygens (including phenoxy) is 4. The summed E-state index contributed by atoms with van der Waals surface area (Å²) in [5.41, 5.74) is 9.24. The van der Waals surface area contributed by atoms with Crippen molar-refractivity contribution in [1.82, 2.24) is 0 Å². The predicted molar refractivity (Wildman–Crippen MR) is 168 cm³/mol. The largest absolute Gasteiger partial charge is 0.490 e. The van der Waals surface area contributed by atoms with Crippen molar-refractivity contribution in [2.24, 2.45) is 5.73 Å². The monoisotopic (exact) mass is 602 g/mol. The van der Waals surface area contributed by atoms with Crippen molar-refractivity contribution in [3.8, 4) is 29.1 Å². The predicted octanol–water partition coefficient (Wildman–Crippen LogP) is 7.91. The number of nitrogens with two attached hydrogens (primary N) is 1. The molecule has 0 spiro atoms. The minimum Gasteiger partial charge on any atom is -0.490 e. The Bertz CT molecular complexity index is 1960. The number of esters is 1. The third kappa shape index (κ3) is 5.63. The van der Waals surface area contributed by atoms with Crippen LogP contribution in [0.25, 0.3) is 10.8 Å². The molecular formula is C36H27ClN2O5. The van der Waals surface area contributed by atoms with Gasteiger partial charge >= 0.3 is 5.97 Å². The number of hydrogen-bond donors (Lipinski definition) is 1. The summed E-state index contributed by atoms with van der Waals surface area (Å²) < 4.78 is 23.6.